The minimum absolute atomic E-state index is 0.00763. The van der Waals surface area contributed by atoms with Gasteiger partial charge in [0, 0.05) is 36.5 Å². The van der Waals surface area contributed by atoms with Gasteiger partial charge in [0.25, 0.3) is 5.56 Å². The zero-order chi connectivity index (χ0) is 29.0. The first-order valence-electron chi connectivity index (χ1n) is 14.1. The molecular formula is C32H28FN7O2. The van der Waals surface area contributed by atoms with Gasteiger partial charge in [-0.1, -0.05) is 18.2 Å². The standard InChI is InChI=1S/C32H28FN7O2/c33-26-13-22(20-6-7-20)12-21-8-9-40(31(42)29(21)26)27-3-1-2-24(25(27)17-41)30-36-28(37-32(35)38-30)11-19-10-23(14-34)39(16-19)15-18-4-5-18/h1-3,8-10,12-13,16,18,20,41H,4-7,11,15,17H2,(H2,35,36,37,38). The molecule has 0 amide bonds. The van der Waals surface area contributed by atoms with Crippen LogP contribution in [0.2, 0.25) is 0 Å². The Morgan fingerprint density at radius 3 is 2.67 bits per heavy atom. The van der Waals surface area contributed by atoms with Gasteiger partial charge in [-0.05, 0) is 78.3 Å². The van der Waals surface area contributed by atoms with Crippen molar-refractivity contribution in [1.29, 1.82) is 5.26 Å². The molecule has 5 aromatic rings. The Morgan fingerprint density at radius 1 is 1.10 bits per heavy atom. The fourth-order valence-corrected chi connectivity index (χ4v) is 5.68. The average molecular weight is 562 g/mol. The Balaban J connectivity index is 1.27. The predicted molar refractivity (Wildman–Crippen MR) is 155 cm³/mol. The zero-order valence-electron chi connectivity index (χ0n) is 22.8. The van der Waals surface area contributed by atoms with Gasteiger partial charge in [0.15, 0.2) is 5.82 Å². The van der Waals surface area contributed by atoms with Gasteiger partial charge in [-0.2, -0.15) is 15.2 Å². The molecule has 0 bridgehead atoms. The Kier molecular flexibility index (Phi) is 6.32. The van der Waals surface area contributed by atoms with E-state index >= 15 is 4.39 Å². The van der Waals surface area contributed by atoms with Gasteiger partial charge < -0.3 is 15.4 Å². The maximum atomic E-state index is 15.2. The molecule has 7 rings (SSSR count). The number of fused-ring (bicyclic) bond motifs is 1. The summed E-state index contributed by atoms with van der Waals surface area (Å²) >= 11 is 0. The van der Waals surface area contributed by atoms with Crippen molar-refractivity contribution in [3.63, 3.8) is 0 Å². The van der Waals surface area contributed by atoms with E-state index in [0.717, 1.165) is 30.5 Å². The van der Waals surface area contributed by atoms with E-state index in [4.69, 9.17) is 5.73 Å². The number of aromatic nitrogens is 5. The molecule has 2 aromatic carbocycles. The second kappa shape index (κ2) is 10.2. The SMILES string of the molecule is N#Cc1cc(Cc2nc(N)nc(-c3cccc(-n4ccc5cc(C6CC6)cc(F)c5c4=O)c3CO)n2)cn1CC1CC1. The first-order valence-corrected chi connectivity index (χ1v) is 14.1. The van der Waals surface area contributed by atoms with Gasteiger partial charge in [-0.25, -0.2) is 9.37 Å². The number of halogens is 1. The van der Waals surface area contributed by atoms with E-state index in [2.05, 4.69) is 21.0 Å². The van der Waals surface area contributed by atoms with Crippen LogP contribution in [0.3, 0.4) is 0 Å². The molecule has 210 valence electrons. The second-order valence-corrected chi connectivity index (χ2v) is 11.2. The molecule has 3 N–H and O–H groups in total. The number of nitriles is 1. The lowest BCUT2D eigenvalue weighted by molar-refractivity contribution is 0.282. The van der Waals surface area contributed by atoms with Crippen molar-refractivity contribution >= 4 is 16.7 Å². The van der Waals surface area contributed by atoms with Gasteiger partial charge in [0.2, 0.25) is 5.95 Å². The summed E-state index contributed by atoms with van der Waals surface area (Å²) in [5.74, 6) is 1.10. The highest BCUT2D eigenvalue weighted by molar-refractivity contribution is 5.83. The van der Waals surface area contributed by atoms with Crippen LogP contribution in [0.15, 0.2) is 59.7 Å². The number of anilines is 1. The van der Waals surface area contributed by atoms with Crippen molar-refractivity contribution in [2.24, 2.45) is 5.92 Å². The minimum Gasteiger partial charge on any atom is -0.392 e. The zero-order valence-corrected chi connectivity index (χ0v) is 22.8. The smallest absolute Gasteiger partial charge is 0.265 e. The Bertz CT molecular complexity index is 1960. The number of benzene rings is 2. The number of hydrogen-bond acceptors (Lipinski definition) is 7. The number of aliphatic hydroxyl groups is 1. The first kappa shape index (κ1) is 26.0. The summed E-state index contributed by atoms with van der Waals surface area (Å²) in [6, 6.07) is 14.3. The molecule has 42 heavy (non-hydrogen) atoms. The van der Waals surface area contributed by atoms with Crippen LogP contribution >= 0.6 is 0 Å². The van der Waals surface area contributed by atoms with Crippen LogP contribution in [0.4, 0.5) is 10.3 Å². The molecule has 2 aliphatic rings. The minimum atomic E-state index is -0.546. The number of nitrogens with two attached hydrogens (primary N) is 1. The van der Waals surface area contributed by atoms with E-state index in [0.29, 0.717) is 52.0 Å². The summed E-state index contributed by atoms with van der Waals surface area (Å²) in [7, 11) is 0. The van der Waals surface area contributed by atoms with Crippen LogP contribution in [-0.4, -0.2) is 29.2 Å². The van der Waals surface area contributed by atoms with Gasteiger partial charge in [-0.3, -0.25) is 9.36 Å². The lowest BCUT2D eigenvalue weighted by Crippen LogP contribution is -2.20. The molecule has 0 atom stereocenters. The molecule has 2 saturated carbocycles. The molecule has 2 fully saturated rings. The topological polar surface area (TPSA) is 136 Å². The van der Waals surface area contributed by atoms with Gasteiger partial charge >= 0.3 is 0 Å². The monoisotopic (exact) mass is 561 g/mol. The predicted octanol–water partition coefficient (Wildman–Crippen LogP) is 4.61. The molecule has 0 radical (unpaired) electrons. The lowest BCUT2D eigenvalue weighted by Gasteiger charge is -2.16. The van der Waals surface area contributed by atoms with Crippen molar-refractivity contribution in [2.45, 2.75) is 51.2 Å². The van der Waals surface area contributed by atoms with E-state index in [-0.39, 0.29) is 17.2 Å². The molecule has 0 aliphatic heterocycles. The Morgan fingerprint density at radius 2 is 1.93 bits per heavy atom. The molecule has 0 saturated heterocycles. The van der Waals surface area contributed by atoms with Crippen molar-refractivity contribution in [1.82, 2.24) is 24.1 Å². The van der Waals surface area contributed by atoms with Crippen molar-refractivity contribution in [3.8, 4) is 23.1 Å². The summed E-state index contributed by atoms with van der Waals surface area (Å²) in [4.78, 5) is 26.8. The summed E-state index contributed by atoms with van der Waals surface area (Å²) in [6.45, 7) is 0.398. The van der Waals surface area contributed by atoms with E-state index in [1.54, 1.807) is 30.5 Å². The Hall–Kier alpha value is -4.88. The van der Waals surface area contributed by atoms with Crippen LogP contribution in [0.25, 0.3) is 27.8 Å². The largest absolute Gasteiger partial charge is 0.392 e. The summed E-state index contributed by atoms with van der Waals surface area (Å²) in [5, 5.41) is 20.6. The second-order valence-electron chi connectivity index (χ2n) is 11.2. The summed E-state index contributed by atoms with van der Waals surface area (Å²) in [6.07, 6.45) is 8.32. The highest BCUT2D eigenvalue weighted by Gasteiger charge is 2.26. The number of nitrogen functional groups attached to an aromatic ring is 1. The van der Waals surface area contributed by atoms with Gasteiger partial charge in [0.1, 0.15) is 23.4 Å². The molecule has 10 heteroatoms. The third kappa shape index (κ3) is 4.82. The van der Waals surface area contributed by atoms with Crippen LogP contribution < -0.4 is 11.3 Å². The molecule has 0 unspecified atom stereocenters. The van der Waals surface area contributed by atoms with Crippen LogP contribution in [0.1, 0.15) is 59.8 Å². The van der Waals surface area contributed by atoms with Crippen LogP contribution in [0.5, 0.6) is 0 Å². The van der Waals surface area contributed by atoms with E-state index < -0.39 is 18.0 Å². The van der Waals surface area contributed by atoms with Crippen molar-refractivity contribution in [2.75, 3.05) is 5.73 Å². The first-order chi connectivity index (χ1) is 20.4. The quantitative estimate of drug-likeness (QED) is 0.282. The average Bonchev–Trinajstić information content (AvgIpc) is 3.91. The fourth-order valence-electron chi connectivity index (χ4n) is 5.68. The molecule has 3 heterocycles. The third-order valence-corrected chi connectivity index (χ3v) is 8.12. The van der Waals surface area contributed by atoms with Gasteiger partial charge in [0.05, 0.1) is 17.7 Å². The maximum absolute atomic E-state index is 15.2. The highest BCUT2D eigenvalue weighted by atomic mass is 19.1. The molecule has 3 aromatic heterocycles. The number of aliphatic hydroxyl groups excluding tert-OH is 1. The number of hydrogen-bond donors (Lipinski definition) is 2. The van der Waals surface area contributed by atoms with E-state index in [9.17, 15) is 15.2 Å². The summed E-state index contributed by atoms with van der Waals surface area (Å²) in [5.41, 5.74) is 9.23. The number of pyridine rings is 1. The van der Waals surface area contributed by atoms with E-state index in [1.165, 1.54) is 23.5 Å². The molecule has 9 nitrogen and oxygen atoms in total. The van der Waals surface area contributed by atoms with Gasteiger partial charge in [-0.15, -0.1) is 0 Å². The molecular weight excluding hydrogens is 533 g/mol. The van der Waals surface area contributed by atoms with Crippen molar-refractivity contribution in [3.05, 3.63) is 99.2 Å². The van der Waals surface area contributed by atoms with E-state index in [1.807, 2.05) is 22.9 Å². The number of rotatable bonds is 8. The molecule has 2 aliphatic carbocycles. The highest BCUT2D eigenvalue weighted by Crippen LogP contribution is 2.41. The summed E-state index contributed by atoms with van der Waals surface area (Å²) < 4.78 is 18.5. The van der Waals surface area contributed by atoms with Crippen LogP contribution in [-0.2, 0) is 19.6 Å². The maximum Gasteiger partial charge on any atom is 0.265 e. The van der Waals surface area contributed by atoms with Crippen molar-refractivity contribution < 1.29 is 9.50 Å². The normalized spacial score (nSPS) is 14.8. The third-order valence-electron chi connectivity index (χ3n) is 8.12. The Labute approximate surface area is 240 Å². The van der Waals surface area contributed by atoms with Crippen LogP contribution in [0, 0.1) is 23.1 Å². The molecule has 0 spiro atoms. The fraction of sp³-hybridized carbons (Fsp3) is 0.281. The number of nitrogens with zero attached hydrogens (tertiary/aromatic N) is 6. The lowest BCUT2D eigenvalue weighted by atomic mass is 10.0.